The van der Waals surface area contributed by atoms with E-state index in [4.69, 9.17) is 10.5 Å². The van der Waals surface area contributed by atoms with Gasteiger partial charge in [-0.2, -0.15) is 0 Å². The SMILES string of the molecule is COc1ccccc1NC(=O)c1sc2nc(C)cc(-c3ccccc3)c2c1N. The summed E-state index contributed by atoms with van der Waals surface area (Å²) in [6.45, 7) is 1.94. The second-order valence-electron chi connectivity index (χ2n) is 6.36. The molecule has 0 spiro atoms. The number of aromatic nitrogens is 1. The van der Waals surface area contributed by atoms with Crippen LogP contribution in [-0.2, 0) is 0 Å². The Labute approximate surface area is 166 Å². The molecule has 140 valence electrons. The van der Waals surface area contributed by atoms with Crippen LogP contribution in [0, 0.1) is 6.92 Å². The molecule has 0 radical (unpaired) electrons. The number of thiophene rings is 1. The van der Waals surface area contributed by atoms with Crippen LogP contribution in [0.3, 0.4) is 0 Å². The lowest BCUT2D eigenvalue weighted by atomic mass is 10.0. The summed E-state index contributed by atoms with van der Waals surface area (Å²) in [5, 5.41) is 3.70. The number of nitrogens with two attached hydrogens (primary N) is 1. The molecule has 0 saturated carbocycles. The van der Waals surface area contributed by atoms with Crippen LogP contribution in [0.25, 0.3) is 21.3 Å². The van der Waals surface area contributed by atoms with Crippen LogP contribution in [0.4, 0.5) is 11.4 Å². The van der Waals surface area contributed by atoms with E-state index >= 15 is 0 Å². The van der Waals surface area contributed by atoms with Crippen LogP contribution in [0.15, 0.2) is 60.7 Å². The van der Waals surface area contributed by atoms with Gasteiger partial charge in [-0.15, -0.1) is 11.3 Å². The summed E-state index contributed by atoms with van der Waals surface area (Å²) >= 11 is 1.30. The summed E-state index contributed by atoms with van der Waals surface area (Å²) < 4.78 is 5.31. The normalized spacial score (nSPS) is 10.8. The molecule has 0 aliphatic rings. The Morgan fingerprint density at radius 1 is 1.11 bits per heavy atom. The quantitative estimate of drug-likeness (QED) is 0.508. The number of nitrogens with one attached hydrogen (secondary N) is 1. The lowest BCUT2D eigenvalue weighted by Gasteiger charge is -2.09. The molecule has 1 amide bonds. The van der Waals surface area contributed by atoms with Crippen LogP contribution in [0.5, 0.6) is 5.75 Å². The topological polar surface area (TPSA) is 77.2 Å². The van der Waals surface area contributed by atoms with Crippen molar-refractivity contribution in [2.24, 2.45) is 0 Å². The molecule has 0 bridgehead atoms. The van der Waals surface area contributed by atoms with Crippen molar-refractivity contribution in [1.29, 1.82) is 0 Å². The number of amides is 1. The van der Waals surface area contributed by atoms with E-state index in [9.17, 15) is 4.79 Å². The molecule has 2 aromatic carbocycles. The number of ether oxygens (including phenoxy) is 1. The molecule has 0 aliphatic carbocycles. The number of fused-ring (bicyclic) bond motifs is 1. The summed E-state index contributed by atoms with van der Waals surface area (Å²) in [6, 6.07) is 19.3. The van der Waals surface area contributed by atoms with Crippen LogP contribution in [-0.4, -0.2) is 18.0 Å². The molecule has 4 aromatic rings. The highest BCUT2D eigenvalue weighted by molar-refractivity contribution is 7.21. The Bertz CT molecular complexity index is 1170. The fraction of sp³-hybridized carbons (Fsp3) is 0.0909. The van der Waals surface area contributed by atoms with E-state index in [0.29, 0.717) is 22.0 Å². The molecular formula is C22H19N3O2S. The summed E-state index contributed by atoms with van der Waals surface area (Å²) in [5.74, 6) is 0.316. The maximum atomic E-state index is 12.9. The van der Waals surface area contributed by atoms with Crippen LogP contribution in [0.2, 0.25) is 0 Å². The number of methoxy groups -OCH3 is 1. The first-order valence-electron chi connectivity index (χ1n) is 8.78. The van der Waals surface area contributed by atoms with Gasteiger partial charge in [0.25, 0.3) is 5.91 Å². The number of benzene rings is 2. The van der Waals surface area contributed by atoms with Crippen molar-refractivity contribution in [2.45, 2.75) is 6.92 Å². The first-order valence-corrected chi connectivity index (χ1v) is 9.59. The van der Waals surface area contributed by atoms with Gasteiger partial charge in [-0.1, -0.05) is 42.5 Å². The first-order chi connectivity index (χ1) is 13.6. The number of carbonyl (C=O) groups excluding carboxylic acids is 1. The van der Waals surface area contributed by atoms with Crippen LogP contribution < -0.4 is 15.8 Å². The molecule has 3 N–H and O–H groups in total. The lowest BCUT2D eigenvalue weighted by molar-refractivity contribution is 0.103. The molecule has 2 heterocycles. The van der Waals surface area contributed by atoms with E-state index in [1.54, 1.807) is 19.2 Å². The number of anilines is 2. The number of nitrogen functional groups attached to an aromatic ring is 1. The number of rotatable bonds is 4. The highest BCUT2D eigenvalue weighted by Gasteiger charge is 2.21. The van der Waals surface area contributed by atoms with Crippen molar-refractivity contribution in [3.05, 3.63) is 71.2 Å². The van der Waals surface area contributed by atoms with Crippen molar-refractivity contribution < 1.29 is 9.53 Å². The second-order valence-corrected chi connectivity index (χ2v) is 7.36. The van der Waals surface area contributed by atoms with Gasteiger partial charge in [-0.3, -0.25) is 4.79 Å². The summed E-state index contributed by atoms with van der Waals surface area (Å²) in [7, 11) is 1.57. The average Bonchev–Trinajstić information content (AvgIpc) is 3.05. The molecule has 5 nitrogen and oxygen atoms in total. The predicted octanol–water partition coefficient (Wildman–Crippen LogP) is 5.11. The van der Waals surface area contributed by atoms with Crippen molar-refractivity contribution in [3.63, 3.8) is 0 Å². The Morgan fingerprint density at radius 2 is 1.82 bits per heavy atom. The second kappa shape index (κ2) is 7.32. The average molecular weight is 389 g/mol. The maximum Gasteiger partial charge on any atom is 0.268 e. The Hall–Kier alpha value is -3.38. The lowest BCUT2D eigenvalue weighted by Crippen LogP contribution is -2.12. The van der Waals surface area contributed by atoms with E-state index in [0.717, 1.165) is 27.0 Å². The summed E-state index contributed by atoms with van der Waals surface area (Å²) in [6.07, 6.45) is 0. The van der Waals surface area contributed by atoms with Crippen LogP contribution in [0.1, 0.15) is 15.4 Å². The van der Waals surface area contributed by atoms with Gasteiger partial charge in [0.15, 0.2) is 0 Å². The highest BCUT2D eigenvalue weighted by Crippen LogP contribution is 2.40. The minimum Gasteiger partial charge on any atom is -0.495 e. The molecule has 0 fully saturated rings. The standard InChI is InChI=1S/C22H19N3O2S/c1-13-12-15(14-8-4-3-5-9-14)18-19(23)20(28-22(18)24-13)21(26)25-16-10-6-7-11-17(16)27-2/h3-12H,23H2,1-2H3,(H,25,26). The molecule has 2 aromatic heterocycles. The molecule has 6 heteroatoms. The minimum absolute atomic E-state index is 0.276. The van der Waals surface area contributed by atoms with Gasteiger partial charge in [0, 0.05) is 11.1 Å². The third kappa shape index (κ3) is 3.18. The van der Waals surface area contributed by atoms with Gasteiger partial charge in [0.2, 0.25) is 0 Å². The summed E-state index contributed by atoms with van der Waals surface area (Å²) in [5.41, 5.74) is 10.4. The Morgan fingerprint density at radius 3 is 2.57 bits per heavy atom. The molecule has 4 rings (SSSR count). The number of aryl methyl sites for hydroxylation is 1. The molecule has 28 heavy (non-hydrogen) atoms. The number of hydrogen-bond donors (Lipinski definition) is 2. The monoisotopic (exact) mass is 389 g/mol. The third-order valence-electron chi connectivity index (χ3n) is 4.47. The van der Waals surface area contributed by atoms with Gasteiger partial charge in [-0.25, -0.2) is 4.98 Å². The minimum atomic E-state index is -0.276. The van der Waals surface area contributed by atoms with E-state index in [-0.39, 0.29) is 5.91 Å². The van der Waals surface area contributed by atoms with Gasteiger partial charge in [0.05, 0.1) is 18.5 Å². The zero-order valence-corrected chi connectivity index (χ0v) is 16.3. The van der Waals surface area contributed by atoms with Crippen molar-refractivity contribution >= 4 is 38.8 Å². The molecular weight excluding hydrogens is 370 g/mol. The smallest absolute Gasteiger partial charge is 0.268 e. The van der Waals surface area contributed by atoms with Gasteiger partial charge >= 0.3 is 0 Å². The highest BCUT2D eigenvalue weighted by atomic mass is 32.1. The van der Waals surface area contributed by atoms with E-state index in [1.165, 1.54) is 11.3 Å². The number of hydrogen-bond acceptors (Lipinski definition) is 5. The molecule has 0 unspecified atom stereocenters. The maximum absolute atomic E-state index is 12.9. The molecule has 0 atom stereocenters. The Kier molecular flexibility index (Phi) is 4.71. The number of nitrogens with zero attached hydrogens (tertiary/aromatic N) is 1. The number of pyridine rings is 1. The number of para-hydroxylation sites is 2. The Balaban J connectivity index is 1.81. The molecule has 0 aliphatic heterocycles. The fourth-order valence-electron chi connectivity index (χ4n) is 3.18. The van der Waals surface area contributed by atoms with Crippen molar-refractivity contribution in [1.82, 2.24) is 4.98 Å². The van der Waals surface area contributed by atoms with Crippen molar-refractivity contribution in [3.8, 4) is 16.9 Å². The van der Waals surface area contributed by atoms with E-state index in [1.807, 2.05) is 55.5 Å². The first kappa shape index (κ1) is 18.0. The zero-order valence-electron chi connectivity index (χ0n) is 15.5. The van der Waals surface area contributed by atoms with Gasteiger partial charge < -0.3 is 15.8 Å². The van der Waals surface area contributed by atoms with Crippen LogP contribution >= 0.6 is 11.3 Å². The zero-order chi connectivity index (χ0) is 19.7. The van der Waals surface area contributed by atoms with E-state index in [2.05, 4.69) is 10.3 Å². The summed E-state index contributed by atoms with van der Waals surface area (Å²) in [4.78, 5) is 18.7. The third-order valence-corrected chi connectivity index (χ3v) is 5.57. The van der Waals surface area contributed by atoms with E-state index < -0.39 is 0 Å². The molecule has 0 saturated heterocycles. The number of carbonyl (C=O) groups is 1. The van der Waals surface area contributed by atoms with Gasteiger partial charge in [-0.05, 0) is 36.2 Å². The van der Waals surface area contributed by atoms with Gasteiger partial charge in [0.1, 0.15) is 15.5 Å². The predicted molar refractivity (Wildman–Crippen MR) is 115 cm³/mol. The largest absolute Gasteiger partial charge is 0.495 e. The van der Waals surface area contributed by atoms with Crippen molar-refractivity contribution in [2.75, 3.05) is 18.2 Å². The fourth-order valence-corrected chi connectivity index (χ4v) is 4.25.